The van der Waals surface area contributed by atoms with E-state index in [1.54, 1.807) is 0 Å². The number of hydrogen-bond donors (Lipinski definition) is 1. The summed E-state index contributed by atoms with van der Waals surface area (Å²) in [5, 5.41) is 17.2. The molecular formula is C19H17N5. The van der Waals surface area contributed by atoms with Crippen molar-refractivity contribution in [1.82, 2.24) is 25.2 Å². The molecule has 1 fully saturated rings. The van der Waals surface area contributed by atoms with E-state index in [0.717, 1.165) is 34.4 Å². The van der Waals surface area contributed by atoms with Gasteiger partial charge in [-0.1, -0.05) is 41.6 Å². The number of H-pyrrole nitrogens is 1. The summed E-state index contributed by atoms with van der Waals surface area (Å²) in [7, 11) is 0. The Labute approximate surface area is 139 Å². The van der Waals surface area contributed by atoms with Crippen LogP contribution in [0.5, 0.6) is 0 Å². The lowest BCUT2D eigenvalue weighted by atomic mass is 10.1. The maximum absolute atomic E-state index is 4.51. The molecule has 0 atom stereocenters. The quantitative estimate of drug-likeness (QED) is 0.624. The van der Waals surface area contributed by atoms with Crippen molar-refractivity contribution in [3.8, 4) is 11.3 Å². The van der Waals surface area contributed by atoms with Crippen LogP contribution in [0, 0.1) is 0 Å². The van der Waals surface area contributed by atoms with Gasteiger partial charge < -0.3 is 0 Å². The van der Waals surface area contributed by atoms with E-state index < -0.39 is 0 Å². The Balaban J connectivity index is 1.63. The molecule has 4 aromatic rings. The first-order valence-corrected chi connectivity index (χ1v) is 8.29. The summed E-state index contributed by atoms with van der Waals surface area (Å²) in [5.74, 6) is 0.560. The lowest BCUT2D eigenvalue weighted by Gasteiger charge is -2.09. The van der Waals surface area contributed by atoms with Gasteiger partial charge in [-0.3, -0.25) is 5.10 Å². The van der Waals surface area contributed by atoms with Crippen LogP contribution in [0.2, 0.25) is 0 Å². The number of nitrogens with one attached hydrogen (secondary N) is 1. The molecule has 2 aromatic carbocycles. The van der Waals surface area contributed by atoms with Gasteiger partial charge in [0.05, 0.1) is 29.6 Å². The Morgan fingerprint density at radius 2 is 1.96 bits per heavy atom. The number of fused-ring (bicyclic) bond motifs is 1. The fraction of sp³-hybridized carbons (Fsp3) is 0.211. The molecule has 1 aliphatic carbocycles. The van der Waals surface area contributed by atoms with Crippen LogP contribution in [-0.4, -0.2) is 25.2 Å². The zero-order chi connectivity index (χ0) is 15.9. The van der Waals surface area contributed by atoms with Crippen molar-refractivity contribution in [1.29, 1.82) is 0 Å². The van der Waals surface area contributed by atoms with E-state index in [1.807, 2.05) is 16.9 Å². The highest BCUT2D eigenvalue weighted by Gasteiger charge is 2.31. The predicted octanol–water partition coefficient (Wildman–Crippen LogP) is 3.75. The van der Waals surface area contributed by atoms with Crippen LogP contribution in [0.15, 0.2) is 54.7 Å². The zero-order valence-electron chi connectivity index (χ0n) is 13.2. The number of hydrogen-bond acceptors (Lipinski definition) is 3. The Kier molecular flexibility index (Phi) is 2.98. The van der Waals surface area contributed by atoms with E-state index in [1.165, 1.54) is 18.4 Å². The van der Waals surface area contributed by atoms with Crippen LogP contribution in [0.3, 0.4) is 0 Å². The van der Waals surface area contributed by atoms with Gasteiger partial charge in [0.25, 0.3) is 0 Å². The zero-order valence-corrected chi connectivity index (χ0v) is 13.2. The highest BCUT2D eigenvalue weighted by molar-refractivity contribution is 5.83. The van der Waals surface area contributed by atoms with Gasteiger partial charge in [0.2, 0.25) is 0 Å². The van der Waals surface area contributed by atoms with Crippen LogP contribution in [-0.2, 0) is 6.54 Å². The Morgan fingerprint density at radius 1 is 1.08 bits per heavy atom. The average Bonchev–Trinajstić information content (AvgIpc) is 3.21. The molecule has 2 heterocycles. The van der Waals surface area contributed by atoms with Crippen molar-refractivity contribution < 1.29 is 0 Å². The highest BCUT2D eigenvalue weighted by Crippen LogP contribution is 2.43. The Bertz CT molecular complexity index is 995. The van der Waals surface area contributed by atoms with Crippen molar-refractivity contribution in [3.63, 3.8) is 0 Å². The molecule has 0 radical (unpaired) electrons. The summed E-state index contributed by atoms with van der Waals surface area (Å²) >= 11 is 0. The third-order valence-corrected chi connectivity index (χ3v) is 4.61. The number of benzene rings is 2. The summed E-state index contributed by atoms with van der Waals surface area (Å²) in [6.07, 6.45) is 4.29. The number of aromatic nitrogens is 5. The minimum Gasteiger partial charge on any atom is -0.278 e. The van der Waals surface area contributed by atoms with Crippen LogP contribution < -0.4 is 0 Å². The van der Waals surface area contributed by atoms with Gasteiger partial charge >= 0.3 is 0 Å². The minimum absolute atomic E-state index is 0.560. The van der Waals surface area contributed by atoms with E-state index in [-0.39, 0.29) is 0 Å². The van der Waals surface area contributed by atoms with Crippen molar-refractivity contribution >= 4 is 10.9 Å². The summed E-state index contributed by atoms with van der Waals surface area (Å²) < 4.78 is 2.03. The second-order valence-electron chi connectivity index (χ2n) is 6.41. The number of aromatic amines is 1. The van der Waals surface area contributed by atoms with Gasteiger partial charge in [0.15, 0.2) is 0 Å². The molecule has 0 saturated heterocycles. The molecular weight excluding hydrogens is 298 g/mol. The van der Waals surface area contributed by atoms with E-state index in [9.17, 15) is 0 Å². The van der Waals surface area contributed by atoms with Crippen molar-refractivity contribution in [2.45, 2.75) is 25.3 Å². The molecule has 0 aliphatic heterocycles. The Morgan fingerprint density at radius 3 is 2.79 bits per heavy atom. The molecule has 0 amide bonds. The third-order valence-electron chi connectivity index (χ3n) is 4.61. The summed E-state index contributed by atoms with van der Waals surface area (Å²) in [6.45, 7) is 0.735. The first kappa shape index (κ1) is 13.5. The summed E-state index contributed by atoms with van der Waals surface area (Å²) in [5.41, 5.74) is 5.72. The second-order valence-corrected chi connectivity index (χ2v) is 6.41. The molecule has 5 nitrogen and oxygen atoms in total. The van der Waals surface area contributed by atoms with Crippen molar-refractivity contribution in [3.05, 3.63) is 66.0 Å². The predicted molar refractivity (Wildman–Crippen MR) is 92.6 cm³/mol. The molecule has 2 aromatic heterocycles. The molecule has 0 unspecified atom stereocenters. The highest BCUT2D eigenvalue weighted by atomic mass is 15.4. The first-order chi connectivity index (χ1) is 11.9. The van der Waals surface area contributed by atoms with Gasteiger partial charge in [0, 0.05) is 16.9 Å². The van der Waals surface area contributed by atoms with E-state index in [2.05, 4.69) is 63.0 Å². The molecule has 118 valence electrons. The average molecular weight is 315 g/mol. The maximum Gasteiger partial charge on any atom is 0.0937 e. The standard InChI is InChI=1S/C19H17N5/c1-2-4-13(5-3-1)12-24-19(18(22-23-24)14-6-7-14)15-8-9-17-16(10-15)11-20-21-17/h1-5,8-11,14H,6-7,12H2,(H,20,21). The SMILES string of the molecule is c1ccc(Cn2nnc(C3CC3)c2-c2ccc3[nH]ncc3c2)cc1. The van der Waals surface area contributed by atoms with Crippen LogP contribution in [0.25, 0.3) is 22.2 Å². The molecule has 0 bridgehead atoms. The maximum atomic E-state index is 4.51. The molecule has 5 heteroatoms. The van der Waals surface area contributed by atoms with Crippen molar-refractivity contribution in [2.24, 2.45) is 0 Å². The first-order valence-electron chi connectivity index (χ1n) is 8.29. The largest absolute Gasteiger partial charge is 0.278 e. The van der Waals surface area contributed by atoms with Gasteiger partial charge in [-0.2, -0.15) is 5.10 Å². The van der Waals surface area contributed by atoms with E-state index in [4.69, 9.17) is 0 Å². The number of nitrogens with zero attached hydrogens (tertiary/aromatic N) is 4. The fourth-order valence-electron chi connectivity index (χ4n) is 3.21. The van der Waals surface area contributed by atoms with Gasteiger partial charge in [0.1, 0.15) is 0 Å². The normalized spacial score (nSPS) is 14.3. The van der Waals surface area contributed by atoms with Gasteiger partial charge in [-0.05, 0) is 30.5 Å². The van der Waals surface area contributed by atoms with Crippen molar-refractivity contribution in [2.75, 3.05) is 0 Å². The van der Waals surface area contributed by atoms with Crippen LogP contribution >= 0.6 is 0 Å². The van der Waals surface area contributed by atoms with E-state index >= 15 is 0 Å². The van der Waals surface area contributed by atoms with E-state index in [0.29, 0.717) is 5.92 Å². The molecule has 5 rings (SSSR count). The Hall–Kier alpha value is -2.95. The lowest BCUT2D eigenvalue weighted by Crippen LogP contribution is -2.04. The second kappa shape index (κ2) is 5.30. The summed E-state index contributed by atoms with van der Waals surface area (Å²) in [6, 6.07) is 16.8. The molecule has 1 aliphatic rings. The topological polar surface area (TPSA) is 59.4 Å². The fourth-order valence-corrected chi connectivity index (χ4v) is 3.21. The van der Waals surface area contributed by atoms with Gasteiger partial charge in [-0.25, -0.2) is 4.68 Å². The van der Waals surface area contributed by atoms with Crippen LogP contribution in [0.4, 0.5) is 0 Å². The number of rotatable bonds is 4. The molecule has 1 N–H and O–H groups in total. The third kappa shape index (κ3) is 2.29. The molecule has 24 heavy (non-hydrogen) atoms. The van der Waals surface area contributed by atoms with Gasteiger partial charge in [-0.15, -0.1) is 5.10 Å². The molecule has 1 saturated carbocycles. The lowest BCUT2D eigenvalue weighted by molar-refractivity contribution is 0.655. The molecule has 0 spiro atoms. The van der Waals surface area contributed by atoms with Crippen LogP contribution in [0.1, 0.15) is 30.0 Å². The minimum atomic E-state index is 0.560. The summed E-state index contributed by atoms with van der Waals surface area (Å²) in [4.78, 5) is 0. The smallest absolute Gasteiger partial charge is 0.0937 e. The monoisotopic (exact) mass is 315 g/mol.